The van der Waals surface area contributed by atoms with Gasteiger partial charge in [0.15, 0.2) is 0 Å². The summed E-state index contributed by atoms with van der Waals surface area (Å²) in [6.07, 6.45) is 0. The number of hydrogen-bond acceptors (Lipinski definition) is 3. The third kappa shape index (κ3) is 2.56. The van der Waals surface area contributed by atoms with Gasteiger partial charge in [-0.3, -0.25) is 0 Å². The van der Waals surface area contributed by atoms with Crippen molar-refractivity contribution in [2.24, 2.45) is 0 Å². The van der Waals surface area contributed by atoms with Gasteiger partial charge in [-0.2, -0.15) is 4.57 Å². The summed E-state index contributed by atoms with van der Waals surface area (Å²) in [6.45, 7) is 7.11. The van der Waals surface area contributed by atoms with Gasteiger partial charge in [0.25, 0.3) is 0 Å². The minimum atomic E-state index is -0.504. The van der Waals surface area contributed by atoms with Gasteiger partial charge in [0.2, 0.25) is 0 Å². The van der Waals surface area contributed by atoms with E-state index in [0.717, 1.165) is 4.57 Å². The van der Waals surface area contributed by atoms with E-state index in [1.165, 1.54) is 4.68 Å². The molecule has 0 fully saturated rings. The van der Waals surface area contributed by atoms with Gasteiger partial charge in [0.1, 0.15) is 5.82 Å². The molecule has 0 radical (unpaired) electrons. The second kappa shape index (κ2) is 5.66. The van der Waals surface area contributed by atoms with E-state index < -0.39 is 11.4 Å². The summed E-state index contributed by atoms with van der Waals surface area (Å²) in [6, 6.07) is 1.56. The van der Waals surface area contributed by atoms with Crippen LogP contribution >= 0.6 is 11.6 Å². The Morgan fingerprint density at radius 3 is 2.40 bits per heavy atom. The molecule has 6 nitrogen and oxygen atoms in total. The van der Waals surface area contributed by atoms with Crippen LogP contribution in [0.3, 0.4) is 0 Å². The summed E-state index contributed by atoms with van der Waals surface area (Å²) in [5.41, 5.74) is 0.309. The Balaban J connectivity index is 0.00000200. The molecule has 0 saturated carbocycles. The first-order valence-corrected chi connectivity index (χ1v) is 6.28. The molecular weight excluding hydrogens is 280 g/mol. The minimum Gasteiger partial charge on any atom is -0.246 e. The summed E-state index contributed by atoms with van der Waals surface area (Å²) >= 11 is 5.97. The topological polar surface area (TPSA) is 72.7 Å². The van der Waals surface area contributed by atoms with Gasteiger partial charge in [-0.1, -0.05) is 19.0 Å². The van der Waals surface area contributed by atoms with Crippen LogP contribution in [0.2, 0.25) is 5.02 Å². The van der Waals surface area contributed by atoms with Crippen molar-refractivity contribution in [2.45, 2.75) is 41.2 Å². The Bertz CT molecular complexity index is 740. The van der Waals surface area contributed by atoms with E-state index in [0.29, 0.717) is 22.1 Å². The molecule has 0 bridgehead atoms. The highest BCUT2D eigenvalue weighted by molar-refractivity contribution is 6.31. The molecule has 2 aromatic heterocycles. The molecule has 0 aliphatic carbocycles. The number of pyridine rings is 1. The van der Waals surface area contributed by atoms with Crippen molar-refractivity contribution in [3.63, 3.8) is 0 Å². The maximum atomic E-state index is 12.2. The van der Waals surface area contributed by atoms with E-state index in [1.54, 1.807) is 19.9 Å². The summed E-state index contributed by atoms with van der Waals surface area (Å²) in [4.78, 5) is 28.4. The van der Waals surface area contributed by atoms with Gasteiger partial charge in [0, 0.05) is 6.04 Å². The molecular formula is C13H19ClN4O2. The van der Waals surface area contributed by atoms with E-state index >= 15 is 0 Å². The molecule has 0 aromatic carbocycles. The summed E-state index contributed by atoms with van der Waals surface area (Å²) in [5, 5.41) is 3.02. The number of H-pyrrole nitrogens is 1. The number of halogens is 1. The Morgan fingerprint density at radius 2 is 1.90 bits per heavy atom. The van der Waals surface area contributed by atoms with Crippen LogP contribution < -0.4 is 11.4 Å². The van der Waals surface area contributed by atoms with Crippen molar-refractivity contribution in [3.05, 3.63) is 43.3 Å². The number of nitrogens with zero attached hydrogens (tertiary/aromatic N) is 3. The highest BCUT2D eigenvalue weighted by Gasteiger charge is 2.16. The lowest BCUT2D eigenvalue weighted by atomic mass is 10.2. The SMILES string of the molecule is C.Cc1cc(Cl)c(C)nc1-n1c(=O)[nH]n(C(C)C)c1=O. The largest absolute Gasteiger partial charge is 0.353 e. The van der Waals surface area contributed by atoms with Crippen LogP contribution in [0.25, 0.3) is 5.82 Å². The lowest BCUT2D eigenvalue weighted by Gasteiger charge is -2.07. The van der Waals surface area contributed by atoms with E-state index in [2.05, 4.69) is 10.1 Å². The molecule has 1 N–H and O–H groups in total. The first-order chi connectivity index (χ1) is 8.82. The van der Waals surface area contributed by atoms with Crippen molar-refractivity contribution in [1.29, 1.82) is 0 Å². The molecule has 7 heteroatoms. The Morgan fingerprint density at radius 1 is 1.30 bits per heavy atom. The van der Waals surface area contributed by atoms with Crippen LogP contribution in [0.5, 0.6) is 0 Å². The molecule has 0 saturated heterocycles. The van der Waals surface area contributed by atoms with Gasteiger partial charge < -0.3 is 0 Å². The first-order valence-electron chi connectivity index (χ1n) is 5.90. The van der Waals surface area contributed by atoms with Crippen LogP contribution in [0, 0.1) is 13.8 Å². The fourth-order valence-electron chi connectivity index (χ4n) is 1.82. The Labute approximate surface area is 122 Å². The van der Waals surface area contributed by atoms with Gasteiger partial charge >= 0.3 is 11.4 Å². The van der Waals surface area contributed by atoms with Crippen LogP contribution in [-0.2, 0) is 0 Å². The number of aromatic nitrogens is 4. The fourth-order valence-corrected chi connectivity index (χ4v) is 2.02. The zero-order valence-corrected chi connectivity index (χ0v) is 11.9. The average Bonchev–Trinajstić information content (AvgIpc) is 2.60. The molecule has 0 aliphatic rings. The van der Waals surface area contributed by atoms with Crippen molar-refractivity contribution < 1.29 is 0 Å². The molecule has 110 valence electrons. The van der Waals surface area contributed by atoms with Crippen LogP contribution in [-0.4, -0.2) is 19.3 Å². The van der Waals surface area contributed by atoms with Gasteiger partial charge in [-0.15, -0.1) is 0 Å². The molecule has 0 spiro atoms. The number of rotatable bonds is 2. The number of aryl methyl sites for hydroxylation is 2. The van der Waals surface area contributed by atoms with E-state index in [-0.39, 0.29) is 13.5 Å². The highest BCUT2D eigenvalue weighted by atomic mass is 35.5. The predicted molar refractivity (Wildman–Crippen MR) is 80.0 cm³/mol. The fraction of sp³-hybridized carbons (Fsp3) is 0.462. The molecule has 2 heterocycles. The smallest absolute Gasteiger partial charge is 0.246 e. The maximum Gasteiger partial charge on any atom is 0.353 e. The predicted octanol–water partition coefficient (Wildman–Crippen LogP) is 2.21. The van der Waals surface area contributed by atoms with E-state index in [1.807, 2.05) is 13.8 Å². The number of nitrogens with one attached hydrogen (secondary N) is 1. The zero-order valence-electron chi connectivity index (χ0n) is 11.2. The van der Waals surface area contributed by atoms with E-state index in [9.17, 15) is 9.59 Å². The standard InChI is InChI=1S/C12H15ClN4O2.CH4/c1-6(2)17-12(19)16(11(18)15-17)10-7(3)5-9(13)8(4)14-10;/h5-6H,1-4H3,(H,15,18);1H4. The number of aromatic amines is 1. The molecule has 20 heavy (non-hydrogen) atoms. The monoisotopic (exact) mass is 298 g/mol. The molecule has 0 unspecified atom stereocenters. The van der Waals surface area contributed by atoms with Crippen LogP contribution in [0.1, 0.15) is 38.6 Å². The van der Waals surface area contributed by atoms with Gasteiger partial charge in [-0.05, 0) is 39.3 Å². The molecule has 0 amide bonds. The zero-order chi connectivity index (χ0) is 14.3. The molecule has 0 atom stereocenters. The first kappa shape index (κ1) is 16.2. The lowest BCUT2D eigenvalue weighted by molar-refractivity contribution is 0.509. The van der Waals surface area contributed by atoms with Crippen molar-refractivity contribution >= 4 is 11.6 Å². The van der Waals surface area contributed by atoms with Gasteiger partial charge in [0.05, 0.1) is 10.7 Å². The second-order valence-electron chi connectivity index (χ2n) is 4.69. The highest BCUT2D eigenvalue weighted by Crippen LogP contribution is 2.18. The Kier molecular flexibility index (Phi) is 4.60. The average molecular weight is 299 g/mol. The lowest BCUT2D eigenvalue weighted by Crippen LogP contribution is -2.29. The summed E-state index contributed by atoms with van der Waals surface area (Å²) in [5.74, 6) is 0.313. The quantitative estimate of drug-likeness (QED) is 0.924. The summed E-state index contributed by atoms with van der Waals surface area (Å²) < 4.78 is 2.30. The van der Waals surface area contributed by atoms with Crippen LogP contribution in [0.4, 0.5) is 0 Å². The van der Waals surface area contributed by atoms with E-state index in [4.69, 9.17) is 11.6 Å². The summed E-state index contributed by atoms with van der Waals surface area (Å²) in [7, 11) is 0. The normalized spacial score (nSPS) is 10.7. The third-order valence-corrected chi connectivity index (χ3v) is 3.24. The molecule has 2 aromatic rings. The molecule has 0 aliphatic heterocycles. The third-order valence-electron chi connectivity index (χ3n) is 2.86. The molecule has 2 rings (SSSR count). The van der Waals surface area contributed by atoms with Crippen LogP contribution in [0.15, 0.2) is 15.7 Å². The second-order valence-corrected chi connectivity index (χ2v) is 5.10. The van der Waals surface area contributed by atoms with Gasteiger partial charge in [-0.25, -0.2) is 24.4 Å². The van der Waals surface area contributed by atoms with Crippen molar-refractivity contribution in [1.82, 2.24) is 19.3 Å². The number of hydrogen-bond donors (Lipinski definition) is 1. The minimum absolute atomic E-state index is 0. The van der Waals surface area contributed by atoms with Crippen molar-refractivity contribution in [3.8, 4) is 5.82 Å². The maximum absolute atomic E-state index is 12.2. The van der Waals surface area contributed by atoms with Crippen molar-refractivity contribution in [2.75, 3.05) is 0 Å². The Hall–Kier alpha value is -1.82.